The van der Waals surface area contributed by atoms with Crippen LogP contribution in [0.5, 0.6) is 0 Å². The van der Waals surface area contributed by atoms with Gasteiger partial charge in [-0.15, -0.1) is 0 Å². The van der Waals surface area contributed by atoms with Gasteiger partial charge in [0.2, 0.25) is 5.78 Å². The Hall–Kier alpha value is -2.75. The monoisotopic (exact) mass is 298 g/mol. The minimum atomic E-state index is -0.757. The summed E-state index contributed by atoms with van der Waals surface area (Å²) in [6.45, 7) is 3.09. The van der Waals surface area contributed by atoms with E-state index in [1.54, 1.807) is 6.92 Å². The van der Waals surface area contributed by atoms with Crippen LogP contribution in [0, 0.1) is 0 Å². The van der Waals surface area contributed by atoms with Gasteiger partial charge in [-0.05, 0) is 6.92 Å². The Kier molecular flexibility index (Phi) is 7.26. The van der Waals surface area contributed by atoms with Crippen molar-refractivity contribution >= 4 is 17.5 Å². The van der Waals surface area contributed by atoms with Crippen molar-refractivity contribution in [2.45, 2.75) is 13.8 Å². The lowest BCUT2D eigenvalue weighted by molar-refractivity contribution is -0.152. The van der Waals surface area contributed by atoms with Crippen LogP contribution in [-0.4, -0.2) is 24.1 Å². The van der Waals surface area contributed by atoms with Crippen molar-refractivity contribution in [3.05, 3.63) is 71.8 Å². The molecule has 0 heterocycles. The molecule has 0 fully saturated rings. The molecule has 0 radical (unpaired) electrons. The quantitative estimate of drug-likeness (QED) is 0.494. The zero-order valence-electron chi connectivity index (χ0n) is 12.6. The van der Waals surface area contributed by atoms with E-state index in [2.05, 4.69) is 4.74 Å². The third-order valence-electron chi connectivity index (χ3n) is 2.63. The molecular weight excluding hydrogens is 280 g/mol. The molecule has 0 saturated heterocycles. The first kappa shape index (κ1) is 17.3. The maximum absolute atomic E-state index is 11.8. The lowest BCUT2D eigenvalue weighted by atomic mass is 10.0. The zero-order valence-corrected chi connectivity index (χ0v) is 12.6. The second kappa shape index (κ2) is 9.23. The highest BCUT2D eigenvalue weighted by Gasteiger charge is 2.06. The van der Waals surface area contributed by atoms with E-state index in [0.717, 1.165) is 11.1 Å². The fraction of sp³-hybridized carbons (Fsp3) is 0.167. The maximum atomic E-state index is 11.8. The smallest absolute Gasteiger partial charge is 0.374 e. The number of rotatable bonds is 4. The second-order valence-corrected chi connectivity index (χ2v) is 4.34. The molecule has 0 aromatic heterocycles. The van der Waals surface area contributed by atoms with Crippen molar-refractivity contribution in [2.24, 2.45) is 0 Å². The second-order valence-electron chi connectivity index (χ2n) is 4.34. The van der Waals surface area contributed by atoms with E-state index in [0.29, 0.717) is 0 Å². The van der Waals surface area contributed by atoms with Crippen molar-refractivity contribution in [1.82, 2.24) is 0 Å². The number of benzene rings is 2. The molecule has 2 aromatic carbocycles. The van der Waals surface area contributed by atoms with Crippen LogP contribution < -0.4 is 0 Å². The molecule has 0 amide bonds. The van der Waals surface area contributed by atoms with Gasteiger partial charge < -0.3 is 4.74 Å². The summed E-state index contributed by atoms with van der Waals surface area (Å²) in [5, 5.41) is 0. The summed E-state index contributed by atoms with van der Waals surface area (Å²) in [5.41, 5.74) is 1.47. The normalized spacial score (nSPS) is 9.18. The molecule has 22 heavy (non-hydrogen) atoms. The van der Waals surface area contributed by atoms with Crippen LogP contribution in [0.4, 0.5) is 0 Å². The van der Waals surface area contributed by atoms with Gasteiger partial charge in [0, 0.05) is 18.1 Å². The predicted molar refractivity (Wildman–Crippen MR) is 83.6 cm³/mol. The summed E-state index contributed by atoms with van der Waals surface area (Å²) in [5.74, 6) is -1.23. The molecule has 0 N–H and O–H groups in total. The maximum Gasteiger partial charge on any atom is 0.374 e. The lowest BCUT2D eigenvalue weighted by Crippen LogP contribution is -2.12. The molecule has 0 atom stereocenters. The van der Waals surface area contributed by atoms with Crippen molar-refractivity contribution in [3.8, 4) is 0 Å². The predicted octanol–water partition coefficient (Wildman–Crippen LogP) is 3.06. The average Bonchev–Trinajstić information content (AvgIpc) is 2.56. The summed E-state index contributed by atoms with van der Waals surface area (Å²) in [4.78, 5) is 32.1. The van der Waals surface area contributed by atoms with Crippen LogP contribution in [0.25, 0.3) is 0 Å². The number of Topliss-reactive ketones (excluding diaryl/α,β-unsaturated/α-hetero) is 1. The topological polar surface area (TPSA) is 60.4 Å². The van der Waals surface area contributed by atoms with Gasteiger partial charge in [-0.25, -0.2) is 4.79 Å². The number of ketones is 2. The number of hydrogen-bond acceptors (Lipinski definition) is 4. The van der Waals surface area contributed by atoms with Crippen molar-refractivity contribution in [2.75, 3.05) is 6.61 Å². The van der Waals surface area contributed by atoms with E-state index in [1.165, 1.54) is 6.92 Å². The summed E-state index contributed by atoms with van der Waals surface area (Å²) in [7, 11) is 0. The highest BCUT2D eigenvalue weighted by molar-refractivity contribution is 6.32. The lowest BCUT2D eigenvalue weighted by Gasteiger charge is -1.99. The molecule has 2 rings (SSSR count). The van der Waals surface area contributed by atoms with Gasteiger partial charge in [0.25, 0.3) is 0 Å². The Bertz CT molecular complexity index is 577. The number of ether oxygens (including phenoxy) is 1. The van der Waals surface area contributed by atoms with Gasteiger partial charge in [-0.3, -0.25) is 9.59 Å². The van der Waals surface area contributed by atoms with Crippen LogP contribution in [0.2, 0.25) is 0 Å². The molecule has 2 aromatic rings. The molecule has 0 aliphatic rings. The highest BCUT2D eigenvalue weighted by atomic mass is 16.5. The Morgan fingerprint density at radius 3 is 1.50 bits per heavy atom. The first-order valence-corrected chi connectivity index (χ1v) is 6.88. The van der Waals surface area contributed by atoms with E-state index in [1.807, 2.05) is 60.7 Å². The molecular formula is C18H18O4. The average molecular weight is 298 g/mol. The van der Waals surface area contributed by atoms with Crippen LogP contribution in [0.15, 0.2) is 60.7 Å². The number of carbonyl (C=O) groups excluding carboxylic acids is 3. The fourth-order valence-electron chi connectivity index (χ4n) is 1.58. The van der Waals surface area contributed by atoms with Crippen molar-refractivity contribution < 1.29 is 19.1 Å². The first-order chi connectivity index (χ1) is 10.6. The molecule has 4 nitrogen and oxygen atoms in total. The molecule has 0 saturated carbocycles. The van der Waals surface area contributed by atoms with E-state index in [-0.39, 0.29) is 12.4 Å². The van der Waals surface area contributed by atoms with Gasteiger partial charge >= 0.3 is 5.97 Å². The van der Waals surface area contributed by atoms with E-state index in [4.69, 9.17) is 0 Å². The Morgan fingerprint density at radius 1 is 0.818 bits per heavy atom. The summed E-state index contributed by atoms with van der Waals surface area (Å²) < 4.78 is 4.31. The molecule has 0 aliphatic carbocycles. The highest BCUT2D eigenvalue weighted by Crippen LogP contribution is 2.08. The van der Waals surface area contributed by atoms with Crippen LogP contribution in [-0.2, 0) is 14.3 Å². The minimum Gasteiger partial charge on any atom is -0.460 e. The SMILES string of the molecule is CCOC(=O)C(C)=O.O=C(c1ccccc1)c1ccccc1. The molecule has 4 heteroatoms. The number of esters is 1. The van der Waals surface area contributed by atoms with Gasteiger partial charge in [0.1, 0.15) is 0 Å². The summed E-state index contributed by atoms with van der Waals surface area (Å²) in [6.07, 6.45) is 0. The van der Waals surface area contributed by atoms with E-state index < -0.39 is 11.8 Å². The molecule has 0 bridgehead atoms. The Morgan fingerprint density at radius 2 is 1.23 bits per heavy atom. The number of carbonyl (C=O) groups is 3. The van der Waals surface area contributed by atoms with Crippen LogP contribution in [0.1, 0.15) is 29.8 Å². The summed E-state index contributed by atoms with van der Waals surface area (Å²) >= 11 is 0. The number of hydrogen-bond donors (Lipinski definition) is 0. The Labute approximate surface area is 129 Å². The molecule has 0 aliphatic heterocycles. The van der Waals surface area contributed by atoms with Crippen LogP contribution >= 0.6 is 0 Å². The van der Waals surface area contributed by atoms with Crippen molar-refractivity contribution in [1.29, 1.82) is 0 Å². The third-order valence-corrected chi connectivity index (χ3v) is 2.63. The largest absolute Gasteiger partial charge is 0.460 e. The van der Waals surface area contributed by atoms with Gasteiger partial charge in [-0.2, -0.15) is 0 Å². The standard InChI is InChI=1S/C13H10O.C5H8O3/c14-13(11-7-3-1-4-8-11)12-9-5-2-6-10-12;1-3-8-5(7)4(2)6/h1-10H;3H2,1-2H3. The fourth-order valence-corrected chi connectivity index (χ4v) is 1.58. The van der Waals surface area contributed by atoms with Crippen LogP contribution in [0.3, 0.4) is 0 Å². The minimum absolute atomic E-state index is 0.0752. The molecule has 114 valence electrons. The van der Waals surface area contributed by atoms with E-state index >= 15 is 0 Å². The van der Waals surface area contributed by atoms with Gasteiger partial charge in [0.05, 0.1) is 6.61 Å². The summed E-state index contributed by atoms with van der Waals surface area (Å²) in [6, 6.07) is 18.6. The Balaban J connectivity index is 0.000000261. The zero-order chi connectivity index (χ0) is 16.4. The van der Waals surface area contributed by atoms with Crippen molar-refractivity contribution in [3.63, 3.8) is 0 Å². The molecule has 0 spiro atoms. The van der Waals surface area contributed by atoms with Gasteiger partial charge in [-0.1, -0.05) is 60.7 Å². The van der Waals surface area contributed by atoms with E-state index in [9.17, 15) is 14.4 Å². The molecule has 0 unspecified atom stereocenters. The third kappa shape index (κ3) is 5.71. The van der Waals surface area contributed by atoms with Gasteiger partial charge in [0.15, 0.2) is 5.78 Å². The first-order valence-electron chi connectivity index (χ1n) is 6.88.